The third-order valence-corrected chi connectivity index (χ3v) is 5.54. The summed E-state index contributed by atoms with van der Waals surface area (Å²) in [6.45, 7) is 1.23. The summed E-state index contributed by atoms with van der Waals surface area (Å²) in [5, 5.41) is 3.67. The maximum Gasteiger partial charge on any atom is 0.220 e. The van der Waals surface area contributed by atoms with E-state index in [9.17, 15) is 4.79 Å². The molecule has 0 aromatic rings. The molecule has 94 valence electrons. The smallest absolute Gasteiger partial charge is 0.220 e. The van der Waals surface area contributed by atoms with Crippen molar-refractivity contribution >= 4 is 27.5 Å². The van der Waals surface area contributed by atoms with Gasteiger partial charge in [-0.25, -0.2) is 0 Å². The zero-order valence-electron chi connectivity index (χ0n) is 9.87. The summed E-state index contributed by atoms with van der Waals surface area (Å²) in [5.41, 5.74) is 0. The van der Waals surface area contributed by atoms with E-state index in [1.54, 1.807) is 7.11 Å². The number of ether oxygens (including phenoxy) is 1. The first-order valence-corrected chi connectivity index (χ1v) is 8.25. The van der Waals surface area contributed by atoms with E-state index in [4.69, 9.17) is 4.74 Å². The molecule has 1 saturated heterocycles. The van der Waals surface area contributed by atoms with E-state index >= 15 is 0 Å². The molecule has 0 unspecified atom stereocenters. The Bertz CT molecular complexity index is 196. The van der Waals surface area contributed by atoms with Crippen LogP contribution in [-0.4, -0.2) is 37.2 Å². The molecule has 1 rings (SSSR count). The molecule has 1 aliphatic rings. The predicted molar refractivity (Wildman–Crippen MR) is 71.8 cm³/mol. The first-order chi connectivity index (χ1) is 7.83. The van der Waals surface area contributed by atoms with Crippen LogP contribution in [-0.2, 0) is 9.53 Å². The van der Waals surface area contributed by atoms with E-state index in [-0.39, 0.29) is 5.91 Å². The third-order valence-electron chi connectivity index (χ3n) is 2.54. The Hall–Kier alpha value is 0.130. The van der Waals surface area contributed by atoms with Crippen molar-refractivity contribution in [2.75, 3.05) is 26.0 Å². The van der Waals surface area contributed by atoms with Gasteiger partial charge in [-0.3, -0.25) is 4.79 Å². The Morgan fingerprint density at radius 1 is 1.50 bits per heavy atom. The highest BCUT2D eigenvalue weighted by atomic mass is 33.1. The topological polar surface area (TPSA) is 38.3 Å². The van der Waals surface area contributed by atoms with Gasteiger partial charge in [-0.2, -0.15) is 0 Å². The molecule has 1 aliphatic heterocycles. The summed E-state index contributed by atoms with van der Waals surface area (Å²) >= 11 is 0. The monoisotopic (exact) mass is 263 g/mol. The second-order valence-corrected chi connectivity index (χ2v) is 6.70. The minimum absolute atomic E-state index is 0.158. The van der Waals surface area contributed by atoms with Crippen molar-refractivity contribution in [1.82, 2.24) is 5.32 Å². The normalized spacial score (nSPS) is 19.9. The Morgan fingerprint density at radius 3 is 3.06 bits per heavy atom. The van der Waals surface area contributed by atoms with Crippen LogP contribution in [0.15, 0.2) is 0 Å². The standard InChI is InChI=1S/C11H21NO2S2/c1-14-8-7-12-11(13)5-3-2-4-10-6-9-15-16-10/h10H,2-9H2,1H3,(H,12,13)/t10-/m0/s1. The SMILES string of the molecule is COCCNC(=O)CCCC[C@H]1CCSS1. The molecule has 0 spiro atoms. The Labute approximate surface area is 106 Å². The van der Waals surface area contributed by atoms with Crippen LogP contribution in [0.3, 0.4) is 0 Å². The van der Waals surface area contributed by atoms with E-state index in [0.29, 0.717) is 19.6 Å². The maximum absolute atomic E-state index is 11.3. The number of methoxy groups -OCH3 is 1. The number of nitrogens with one attached hydrogen (secondary N) is 1. The Balaban J connectivity index is 1.87. The van der Waals surface area contributed by atoms with Gasteiger partial charge < -0.3 is 10.1 Å². The number of carbonyl (C=O) groups excluding carboxylic acids is 1. The van der Waals surface area contributed by atoms with Crippen LogP contribution in [0, 0.1) is 0 Å². The minimum atomic E-state index is 0.158. The second kappa shape index (κ2) is 9.19. The number of amides is 1. The van der Waals surface area contributed by atoms with Crippen molar-refractivity contribution in [3.8, 4) is 0 Å². The summed E-state index contributed by atoms with van der Waals surface area (Å²) in [6, 6.07) is 0. The minimum Gasteiger partial charge on any atom is -0.383 e. The van der Waals surface area contributed by atoms with Crippen LogP contribution < -0.4 is 5.32 Å². The van der Waals surface area contributed by atoms with Gasteiger partial charge >= 0.3 is 0 Å². The second-order valence-electron chi connectivity index (χ2n) is 3.92. The van der Waals surface area contributed by atoms with E-state index in [0.717, 1.165) is 11.7 Å². The van der Waals surface area contributed by atoms with Gasteiger partial charge in [0.2, 0.25) is 5.91 Å². The van der Waals surface area contributed by atoms with Crippen molar-refractivity contribution in [2.24, 2.45) is 0 Å². The van der Waals surface area contributed by atoms with Gasteiger partial charge in [-0.05, 0) is 19.3 Å². The molecule has 0 saturated carbocycles. The molecular formula is C11H21NO2S2. The van der Waals surface area contributed by atoms with Crippen molar-refractivity contribution in [1.29, 1.82) is 0 Å². The highest BCUT2D eigenvalue weighted by Gasteiger charge is 2.15. The van der Waals surface area contributed by atoms with E-state index in [2.05, 4.69) is 5.32 Å². The van der Waals surface area contributed by atoms with Crippen LogP contribution >= 0.6 is 21.6 Å². The summed E-state index contributed by atoms with van der Waals surface area (Å²) in [5.74, 6) is 1.46. The molecular weight excluding hydrogens is 242 g/mol. The molecule has 0 aliphatic carbocycles. The fourth-order valence-electron chi connectivity index (χ4n) is 1.60. The molecule has 0 bridgehead atoms. The molecule has 1 amide bonds. The molecule has 1 fully saturated rings. The average molecular weight is 263 g/mol. The fourth-order valence-corrected chi connectivity index (χ4v) is 4.63. The lowest BCUT2D eigenvalue weighted by molar-refractivity contribution is -0.121. The number of unbranched alkanes of at least 4 members (excludes halogenated alkanes) is 1. The zero-order chi connectivity index (χ0) is 11.6. The average Bonchev–Trinajstić information content (AvgIpc) is 2.78. The quantitative estimate of drug-likeness (QED) is 0.539. The third kappa shape index (κ3) is 6.66. The molecule has 0 aromatic carbocycles. The molecule has 0 aromatic heterocycles. The zero-order valence-corrected chi connectivity index (χ0v) is 11.5. The lowest BCUT2D eigenvalue weighted by atomic mass is 10.1. The lowest BCUT2D eigenvalue weighted by Crippen LogP contribution is -2.26. The number of rotatable bonds is 8. The summed E-state index contributed by atoms with van der Waals surface area (Å²) in [4.78, 5) is 11.3. The first kappa shape index (κ1) is 14.2. The highest BCUT2D eigenvalue weighted by molar-refractivity contribution is 8.77. The van der Waals surface area contributed by atoms with Gasteiger partial charge in [0.1, 0.15) is 0 Å². The first-order valence-electron chi connectivity index (χ1n) is 5.87. The summed E-state index contributed by atoms with van der Waals surface area (Å²) in [6.07, 6.45) is 5.46. The van der Waals surface area contributed by atoms with Gasteiger partial charge in [0.15, 0.2) is 0 Å². The van der Waals surface area contributed by atoms with Crippen LogP contribution in [0.1, 0.15) is 32.1 Å². The maximum atomic E-state index is 11.3. The molecule has 3 nitrogen and oxygen atoms in total. The largest absolute Gasteiger partial charge is 0.383 e. The Morgan fingerprint density at radius 2 is 2.38 bits per heavy atom. The van der Waals surface area contributed by atoms with Crippen molar-refractivity contribution < 1.29 is 9.53 Å². The van der Waals surface area contributed by atoms with Crippen LogP contribution in [0.2, 0.25) is 0 Å². The molecule has 1 N–H and O–H groups in total. The number of carbonyl (C=O) groups is 1. The van der Waals surface area contributed by atoms with Gasteiger partial charge in [0.25, 0.3) is 0 Å². The van der Waals surface area contributed by atoms with Crippen LogP contribution in [0.4, 0.5) is 0 Å². The summed E-state index contributed by atoms with van der Waals surface area (Å²) in [7, 11) is 5.64. The molecule has 1 atom stereocenters. The van der Waals surface area contributed by atoms with Gasteiger partial charge in [0, 0.05) is 31.1 Å². The van der Waals surface area contributed by atoms with Gasteiger partial charge in [0.05, 0.1) is 6.61 Å². The molecule has 1 heterocycles. The predicted octanol–water partition coefficient (Wildman–Crippen LogP) is 2.46. The van der Waals surface area contributed by atoms with Crippen molar-refractivity contribution in [2.45, 2.75) is 37.4 Å². The molecule has 0 radical (unpaired) electrons. The van der Waals surface area contributed by atoms with Crippen LogP contribution in [0.5, 0.6) is 0 Å². The van der Waals surface area contributed by atoms with E-state index in [1.807, 2.05) is 21.6 Å². The van der Waals surface area contributed by atoms with Gasteiger partial charge in [-0.15, -0.1) is 0 Å². The van der Waals surface area contributed by atoms with Crippen molar-refractivity contribution in [3.05, 3.63) is 0 Å². The highest BCUT2D eigenvalue weighted by Crippen LogP contribution is 2.39. The lowest BCUT2D eigenvalue weighted by Gasteiger charge is -2.07. The Kier molecular flexibility index (Phi) is 8.15. The summed E-state index contributed by atoms with van der Waals surface area (Å²) < 4.78 is 4.87. The van der Waals surface area contributed by atoms with Crippen LogP contribution in [0.25, 0.3) is 0 Å². The molecule has 16 heavy (non-hydrogen) atoms. The van der Waals surface area contributed by atoms with Gasteiger partial charge in [-0.1, -0.05) is 28.0 Å². The number of hydrogen-bond acceptors (Lipinski definition) is 4. The fraction of sp³-hybridized carbons (Fsp3) is 0.909. The van der Waals surface area contributed by atoms with E-state index < -0.39 is 0 Å². The molecule has 5 heteroatoms. The van der Waals surface area contributed by atoms with Crippen molar-refractivity contribution in [3.63, 3.8) is 0 Å². The number of hydrogen-bond donors (Lipinski definition) is 1. The van der Waals surface area contributed by atoms with E-state index in [1.165, 1.54) is 25.0 Å².